The average Bonchev–Trinajstić information content (AvgIpc) is 2.21. The van der Waals surface area contributed by atoms with Crippen LogP contribution < -0.4 is 10.5 Å². The molecule has 0 bridgehead atoms. The summed E-state index contributed by atoms with van der Waals surface area (Å²) in [7, 11) is 0. The quantitative estimate of drug-likeness (QED) is 0.446. The Morgan fingerprint density at radius 1 is 1.25 bits per heavy atom. The van der Waals surface area contributed by atoms with Gasteiger partial charge in [-0.25, -0.2) is 8.78 Å². The maximum atomic E-state index is 13.1. The number of nitrogens with one attached hydrogen (secondary N) is 1. The van der Waals surface area contributed by atoms with E-state index in [-0.39, 0.29) is 18.2 Å². The first kappa shape index (κ1) is 12.4. The molecule has 1 rings (SSSR count). The number of rotatable bonds is 6. The van der Waals surface area contributed by atoms with E-state index in [9.17, 15) is 8.78 Å². The van der Waals surface area contributed by atoms with E-state index in [4.69, 9.17) is 15.9 Å². The van der Waals surface area contributed by atoms with Crippen molar-refractivity contribution in [2.75, 3.05) is 6.61 Å². The highest BCUT2D eigenvalue weighted by atomic mass is 19.1. The second-order valence-corrected chi connectivity index (χ2v) is 3.38. The van der Waals surface area contributed by atoms with E-state index in [0.717, 1.165) is 12.1 Å². The largest absolute Gasteiger partial charge is 0.488 e. The lowest BCUT2D eigenvalue weighted by atomic mass is 10.2. The van der Waals surface area contributed by atoms with Crippen molar-refractivity contribution in [2.24, 2.45) is 5.73 Å². The summed E-state index contributed by atoms with van der Waals surface area (Å²) in [6.07, 6.45) is 1.75. The van der Waals surface area contributed by atoms with E-state index in [0.29, 0.717) is 19.3 Å². The van der Waals surface area contributed by atoms with Gasteiger partial charge in [0.05, 0.1) is 12.4 Å². The highest BCUT2D eigenvalue weighted by molar-refractivity contribution is 5.76. The van der Waals surface area contributed by atoms with Crippen LogP contribution in [-0.4, -0.2) is 12.4 Å². The SMILES string of the molecule is N=C(N)CCCCOc1c(F)cccc1F. The van der Waals surface area contributed by atoms with Crippen molar-refractivity contribution in [1.29, 1.82) is 5.41 Å². The molecule has 0 aliphatic heterocycles. The smallest absolute Gasteiger partial charge is 0.190 e. The minimum absolute atomic E-state index is 0.108. The fourth-order valence-corrected chi connectivity index (χ4v) is 1.21. The first-order chi connectivity index (χ1) is 7.61. The fraction of sp³-hybridized carbons (Fsp3) is 0.364. The maximum Gasteiger partial charge on any atom is 0.190 e. The number of hydrogen-bond donors (Lipinski definition) is 2. The van der Waals surface area contributed by atoms with Gasteiger partial charge in [-0.3, -0.25) is 5.41 Å². The molecule has 88 valence electrons. The molecule has 0 aliphatic rings. The molecular formula is C11H14F2N2O. The predicted octanol–water partition coefficient (Wildman–Crippen LogP) is 2.45. The Kier molecular flexibility index (Phi) is 4.69. The van der Waals surface area contributed by atoms with Crippen molar-refractivity contribution < 1.29 is 13.5 Å². The van der Waals surface area contributed by atoms with Gasteiger partial charge in [0.15, 0.2) is 17.4 Å². The van der Waals surface area contributed by atoms with Crippen molar-refractivity contribution in [1.82, 2.24) is 0 Å². The standard InChI is InChI=1S/C11H14F2N2O/c12-8-4-3-5-9(13)11(8)16-7-2-1-6-10(14)15/h3-5H,1-2,6-7H2,(H3,14,15). The van der Waals surface area contributed by atoms with Gasteiger partial charge in [-0.05, 0) is 25.0 Å². The third-order valence-corrected chi connectivity index (χ3v) is 2.01. The Morgan fingerprint density at radius 2 is 1.88 bits per heavy atom. The molecule has 5 heteroatoms. The van der Waals surface area contributed by atoms with Crippen LogP contribution in [0.2, 0.25) is 0 Å². The lowest BCUT2D eigenvalue weighted by Gasteiger charge is -2.07. The van der Waals surface area contributed by atoms with E-state index in [1.165, 1.54) is 6.07 Å². The highest BCUT2D eigenvalue weighted by Gasteiger charge is 2.08. The minimum atomic E-state index is -0.702. The number of halogens is 2. The summed E-state index contributed by atoms with van der Waals surface area (Å²) >= 11 is 0. The molecule has 1 aromatic rings. The summed E-state index contributed by atoms with van der Waals surface area (Å²) in [6, 6.07) is 3.58. The van der Waals surface area contributed by atoms with Gasteiger partial charge >= 0.3 is 0 Å². The molecule has 0 heterocycles. The van der Waals surface area contributed by atoms with Crippen LogP contribution in [0, 0.1) is 17.0 Å². The van der Waals surface area contributed by atoms with Gasteiger partial charge in [-0.2, -0.15) is 0 Å². The zero-order valence-corrected chi connectivity index (χ0v) is 8.80. The van der Waals surface area contributed by atoms with Gasteiger partial charge in [0.2, 0.25) is 0 Å². The number of ether oxygens (including phenoxy) is 1. The van der Waals surface area contributed by atoms with Gasteiger partial charge in [0, 0.05) is 6.42 Å². The molecule has 1 aromatic carbocycles. The van der Waals surface area contributed by atoms with E-state index in [1.807, 2.05) is 0 Å². The van der Waals surface area contributed by atoms with Gasteiger partial charge < -0.3 is 10.5 Å². The molecule has 0 fully saturated rings. The van der Waals surface area contributed by atoms with Crippen molar-refractivity contribution in [3.8, 4) is 5.75 Å². The second-order valence-electron chi connectivity index (χ2n) is 3.38. The number of para-hydroxylation sites is 1. The molecule has 0 amide bonds. The highest BCUT2D eigenvalue weighted by Crippen LogP contribution is 2.20. The van der Waals surface area contributed by atoms with Gasteiger partial charge in [0.25, 0.3) is 0 Å². The van der Waals surface area contributed by atoms with Crippen LogP contribution in [0.15, 0.2) is 18.2 Å². The molecule has 3 N–H and O–H groups in total. The van der Waals surface area contributed by atoms with Crippen LogP contribution in [-0.2, 0) is 0 Å². The zero-order chi connectivity index (χ0) is 12.0. The number of hydrogen-bond acceptors (Lipinski definition) is 2. The number of benzene rings is 1. The minimum Gasteiger partial charge on any atom is -0.488 e. The summed E-state index contributed by atoms with van der Waals surface area (Å²) in [5.74, 6) is -1.64. The first-order valence-electron chi connectivity index (χ1n) is 5.01. The molecule has 0 spiro atoms. The van der Waals surface area contributed by atoms with Crippen molar-refractivity contribution in [3.05, 3.63) is 29.8 Å². The Hall–Kier alpha value is -1.65. The normalized spacial score (nSPS) is 10.1. The Morgan fingerprint density at radius 3 is 2.44 bits per heavy atom. The third kappa shape index (κ3) is 3.84. The zero-order valence-electron chi connectivity index (χ0n) is 8.80. The van der Waals surface area contributed by atoms with Gasteiger partial charge in [0.1, 0.15) is 0 Å². The molecular weight excluding hydrogens is 214 g/mol. The number of unbranched alkanes of at least 4 members (excludes halogenated alkanes) is 1. The molecule has 3 nitrogen and oxygen atoms in total. The molecule has 0 aromatic heterocycles. The van der Waals surface area contributed by atoms with Crippen molar-refractivity contribution in [2.45, 2.75) is 19.3 Å². The summed E-state index contributed by atoms with van der Waals surface area (Å²) in [5, 5.41) is 6.98. The number of amidine groups is 1. The topological polar surface area (TPSA) is 59.1 Å². The molecule has 0 aliphatic carbocycles. The van der Waals surface area contributed by atoms with E-state index < -0.39 is 11.6 Å². The first-order valence-corrected chi connectivity index (χ1v) is 5.01. The maximum absolute atomic E-state index is 13.1. The van der Waals surface area contributed by atoms with Crippen LogP contribution in [0.1, 0.15) is 19.3 Å². The van der Waals surface area contributed by atoms with Crippen LogP contribution in [0.5, 0.6) is 5.75 Å². The predicted molar refractivity (Wildman–Crippen MR) is 57.6 cm³/mol. The Balaban J connectivity index is 2.34. The summed E-state index contributed by atoms with van der Waals surface area (Å²) in [4.78, 5) is 0. The third-order valence-electron chi connectivity index (χ3n) is 2.01. The van der Waals surface area contributed by atoms with Crippen LogP contribution >= 0.6 is 0 Å². The fourth-order valence-electron chi connectivity index (χ4n) is 1.21. The van der Waals surface area contributed by atoms with E-state index in [2.05, 4.69) is 0 Å². The van der Waals surface area contributed by atoms with Gasteiger partial charge in [-0.1, -0.05) is 6.07 Å². The molecule has 0 unspecified atom stereocenters. The number of nitrogens with two attached hydrogens (primary N) is 1. The van der Waals surface area contributed by atoms with Crippen molar-refractivity contribution >= 4 is 5.84 Å². The lowest BCUT2D eigenvalue weighted by Crippen LogP contribution is -2.09. The summed E-state index contributed by atoms with van der Waals surface area (Å²) in [5.41, 5.74) is 5.16. The monoisotopic (exact) mass is 228 g/mol. The molecule has 16 heavy (non-hydrogen) atoms. The molecule has 0 saturated heterocycles. The summed E-state index contributed by atoms with van der Waals surface area (Å²) < 4.78 is 31.1. The molecule has 0 saturated carbocycles. The van der Waals surface area contributed by atoms with Crippen LogP contribution in [0.4, 0.5) is 8.78 Å². The molecule has 0 atom stereocenters. The molecule has 0 radical (unpaired) electrons. The van der Waals surface area contributed by atoms with Gasteiger partial charge in [-0.15, -0.1) is 0 Å². The Bertz CT molecular complexity index is 349. The van der Waals surface area contributed by atoms with Crippen molar-refractivity contribution in [3.63, 3.8) is 0 Å². The Labute approximate surface area is 92.7 Å². The van der Waals surface area contributed by atoms with Crippen LogP contribution in [0.3, 0.4) is 0 Å². The second kappa shape index (κ2) is 6.05. The average molecular weight is 228 g/mol. The van der Waals surface area contributed by atoms with Crippen LogP contribution in [0.25, 0.3) is 0 Å². The lowest BCUT2D eigenvalue weighted by molar-refractivity contribution is 0.277. The van der Waals surface area contributed by atoms with E-state index >= 15 is 0 Å². The summed E-state index contributed by atoms with van der Waals surface area (Å²) in [6.45, 7) is 0.213. The van der Waals surface area contributed by atoms with E-state index in [1.54, 1.807) is 0 Å².